The van der Waals surface area contributed by atoms with Crippen LogP contribution in [-0.2, 0) is 0 Å². The third kappa shape index (κ3) is 2.59. The van der Waals surface area contributed by atoms with Gasteiger partial charge in [0.25, 0.3) is 0 Å². The number of terminal acetylenes is 1. The van der Waals surface area contributed by atoms with Crippen LogP contribution in [0.5, 0.6) is 0 Å². The number of aliphatic hydroxyl groups is 1. The Morgan fingerprint density at radius 2 is 1.88 bits per heavy atom. The Hall–Kier alpha value is -0.520. The van der Waals surface area contributed by atoms with Crippen molar-refractivity contribution < 1.29 is 5.11 Å². The number of hydrogen-bond donors (Lipinski definition) is 1. The van der Waals surface area contributed by atoms with E-state index in [2.05, 4.69) is 24.7 Å². The van der Waals surface area contributed by atoms with Gasteiger partial charge in [-0.25, -0.2) is 0 Å². The molecule has 0 saturated carbocycles. The van der Waals surface area contributed by atoms with Crippen LogP contribution in [0.1, 0.15) is 52.4 Å². The van der Waals surface area contributed by atoms with Crippen LogP contribution in [-0.4, -0.2) is 34.7 Å². The van der Waals surface area contributed by atoms with Gasteiger partial charge in [0.15, 0.2) is 0 Å². The summed E-state index contributed by atoms with van der Waals surface area (Å²) < 4.78 is 0. The van der Waals surface area contributed by atoms with Gasteiger partial charge in [0, 0.05) is 12.0 Å². The quantitative estimate of drug-likeness (QED) is 0.699. The Morgan fingerprint density at radius 3 is 2.31 bits per heavy atom. The molecule has 1 aliphatic rings. The fourth-order valence-corrected chi connectivity index (χ4v) is 3.03. The molecule has 1 unspecified atom stereocenters. The second-order valence-electron chi connectivity index (χ2n) is 4.76. The first-order valence-electron chi connectivity index (χ1n) is 6.57. The molecule has 2 heteroatoms. The molecule has 0 aromatic carbocycles. The third-order valence-corrected chi connectivity index (χ3v) is 4.14. The normalized spacial score (nSPS) is 19.6. The van der Waals surface area contributed by atoms with E-state index >= 15 is 0 Å². The van der Waals surface area contributed by atoms with Crippen LogP contribution < -0.4 is 0 Å². The number of likely N-dealkylation sites (tertiary alicyclic amines) is 1. The molecule has 16 heavy (non-hydrogen) atoms. The topological polar surface area (TPSA) is 23.5 Å². The summed E-state index contributed by atoms with van der Waals surface area (Å²) in [5.41, 5.74) is -0.0344. The molecule has 0 radical (unpaired) electrons. The minimum Gasteiger partial charge on any atom is -0.391 e. The van der Waals surface area contributed by atoms with Gasteiger partial charge >= 0.3 is 0 Å². The molecule has 1 rings (SSSR count). The molecule has 1 fully saturated rings. The number of nitrogens with zero attached hydrogens (tertiary/aromatic N) is 1. The van der Waals surface area contributed by atoms with Crippen molar-refractivity contribution in [3.63, 3.8) is 0 Å². The van der Waals surface area contributed by atoms with Gasteiger partial charge in [-0.15, -0.1) is 12.3 Å². The molecular weight excluding hydrogens is 198 g/mol. The van der Waals surface area contributed by atoms with Gasteiger partial charge in [-0.2, -0.15) is 0 Å². The van der Waals surface area contributed by atoms with E-state index in [-0.39, 0.29) is 11.6 Å². The Balaban J connectivity index is 2.73. The van der Waals surface area contributed by atoms with Crippen LogP contribution in [0.2, 0.25) is 0 Å². The van der Waals surface area contributed by atoms with Crippen LogP contribution in [0.3, 0.4) is 0 Å². The largest absolute Gasteiger partial charge is 0.391 e. The van der Waals surface area contributed by atoms with E-state index in [0.29, 0.717) is 6.42 Å². The fourth-order valence-electron chi connectivity index (χ4n) is 3.03. The van der Waals surface area contributed by atoms with Crippen molar-refractivity contribution >= 4 is 0 Å². The van der Waals surface area contributed by atoms with Gasteiger partial charge in [-0.05, 0) is 45.2 Å². The molecule has 2 nitrogen and oxygen atoms in total. The van der Waals surface area contributed by atoms with Gasteiger partial charge in [0.1, 0.15) is 0 Å². The summed E-state index contributed by atoms with van der Waals surface area (Å²) in [5.74, 6) is 2.63. The monoisotopic (exact) mass is 223 g/mol. The Kier molecular flexibility index (Phi) is 5.31. The van der Waals surface area contributed by atoms with E-state index in [1.165, 1.54) is 12.8 Å². The summed E-state index contributed by atoms with van der Waals surface area (Å²) in [6.45, 7) is 6.63. The van der Waals surface area contributed by atoms with Crippen molar-refractivity contribution in [3.05, 3.63) is 0 Å². The van der Waals surface area contributed by atoms with Gasteiger partial charge in [-0.3, -0.25) is 4.90 Å². The van der Waals surface area contributed by atoms with E-state index in [1.54, 1.807) is 0 Å². The predicted octanol–water partition coefficient (Wildman–Crippen LogP) is 2.42. The highest BCUT2D eigenvalue weighted by Gasteiger charge is 2.40. The Bertz CT molecular complexity index is 234. The zero-order valence-corrected chi connectivity index (χ0v) is 10.7. The zero-order chi connectivity index (χ0) is 12.0. The molecule has 1 heterocycles. The lowest BCUT2D eigenvalue weighted by Gasteiger charge is -2.44. The maximum absolute atomic E-state index is 10.4. The first-order chi connectivity index (χ1) is 7.71. The molecule has 0 aromatic rings. The van der Waals surface area contributed by atoms with Crippen molar-refractivity contribution in [2.24, 2.45) is 0 Å². The molecule has 0 bridgehead atoms. The maximum Gasteiger partial charge on any atom is 0.0732 e. The molecule has 0 aromatic heterocycles. The van der Waals surface area contributed by atoms with Crippen LogP contribution in [0.15, 0.2) is 0 Å². The van der Waals surface area contributed by atoms with Crippen molar-refractivity contribution in [1.82, 2.24) is 4.90 Å². The second-order valence-corrected chi connectivity index (χ2v) is 4.76. The van der Waals surface area contributed by atoms with E-state index in [4.69, 9.17) is 6.42 Å². The first-order valence-corrected chi connectivity index (χ1v) is 6.57. The predicted molar refractivity (Wildman–Crippen MR) is 68.2 cm³/mol. The van der Waals surface area contributed by atoms with Crippen LogP contribution in [0, 0.1) is 12.3 Å². The SMILES string of the molecule is C#CCCC(O)C(CC)(CC)N1CCCC1. The minimum atomic E-state index is -0.281. The summed E-state index contributed by atoms with van der Waals surface area (Å²) in [6, 6.07) is 0. The highest BCUT2D eigenvalue weighted by molar-refractivity contribution is 4.98. The average Bonchev–Trinajstić information content (AvgIpc) is 2.83. The summed E-state index contributed by atoms with van der Waals surface area (Å²) >= 11 is 0. The molecule has 1 N–H and O–H groups in total. The molecule has 0 amide bonds. The molecule has 0 aliphatic carbocycles. The fraction of sp³-hybridized carbons (Fsp3) is 0.857. The molecule has 1 saturated heterocycles. The lowest BCUT2D eigenvalue weighted by atomic mass is 9.82. The lowest BCUT2D eigenvalue weighted by Crippen LogP contribution is -2.55. The lowest BCUT2D eigenvalue weighted by molar-refractivity contribution is -0.0307. The van der Waals surface area contributed by atoms with Gasteiger partial charge in [0.2, 0.25) is 0 Å². The number of rotatable bonds is 6. The Labute approximate surface area is 100 Å². The number of hydrogen-bond acceptors (Lipinski definition) is 2. The van der Waals surface area contributed by atoms with E-state index in [0.717, 1.165) is 32.4 Å². The smallest absolute Gasteiger partial charge is 0.0732 e. The van der Waals surface area contributed by atoms with Gasteiger partial charge in [0.05, 0.1) is 6.10 Å². The minimum absolute atomic E-state index is 0.0344. The van der Waals surface area contributed by atoms with Crippen molar-refractivity contribution in [3.8, 4) is 12.3 Å². The Morgan fingerprint density at radius 1 is 1.31 bits per heavy atom. The molecule has 92 valence electrons. The highest BCUT2D eigenvalue weighted by Crippen LogP contribution is 2.33. The molecular formula is C14H25NO. The van der Waals surface area contributed by atoms with E-state index < -0.39 is 0 Å². The highest BCUT2D eigenvalue weighted by atomic mass is 16.3. The van der Waals surface area contributed by atoms with Crippen LogP contribution in [0.4, 0.5) is 0 Å². The van der Waals surface area contributed by atoms with Gasteiger partial charge < -0.3 is 5.11 Å². The summed E-state index contributed by atoms with van der Waals surface area (Å²) in [7, 11) is 0. The van der Waals surface area contributed by atoms with Gasteiger partial charge in [-0.1, -0.05) is 13.8 Å². The summed E-state index contributed by atoms with van der Waals surface area (Å²) in [4.78, 5) is 2.48. The average molecular weight is 223 g/mol. The van der Waals surface area contributed by atoms with Crippen LogP contribution >= 0.6 is 0 Å². The van der Waals surface area contributed by atoms with Crippen molar-refractivity contribution in [1.29, 1.82) is 0 Å². The van der Waals surface area contributed by atoms with Crippen molar-refractivity contribution in [2.75, 3.05) is 13.1 Å². The first kappa shape index (κ1) is 13.5. The molecule has 1 atom stereocenters. The maximum atomic E-state index is 10.4. The molecule has 1 aliphatic heterocycles. The van der Waals surface area contributed by atoms with Crippen LogP contribution in [0.25, 0.3) is 0 Å². The number of aliphatic hydroxyl groups excluding tert-OH is 1. The third-order valence-electron chi connectivity index (χ3n) is 4.14. The zero-order valence-electron chi connectivity index (χ0n) is 10.7. The summed E-state index contributed by atoms with van der Waals surface area (Å²) in [6.07, 6.45) is 11.0. The standard InChI is InChI=1S/C14H25NO/c1-4-7-10-13(16)14(5-2,6-3)15-11-8-9-12-15/h1,13,16H,5-12H2,2-3H3. The van der Waals surface area contributed by atoms with E-state index in [9.17, 15) is 5.11 Å². The second kappa shape index (κ2) is 6.27. The summed E-state index contributed by atoms with van der Waals surface area (Å²) in [5, 5.41) is 10.4. The van der Waals surface area contributed by atoms with Crippen molar-refractivity contribution in [2.45, 2.75) is 64.0 Å². The van der Waals surface area contributed by atoms with E-state index in [1.807, 2.05) is 0 Å². The molecule has 0 spiro atoms.